The summed E-state index contributed by atoms with van der Waals surface area (Å²) in [5.41, 5.74) is 1.70. The molecule has 116 valence electrons. The number of fused-ring (bicyclic) bond motifs is 2. The van der Waals surface area contributed by atoms with Gasteiger partial charge < -0.3 is 15.3 Å². The van der Waals surface area contributed by atoms with Crippen LogP contribution in [0.15, 0.2) is 18.2 Å². The number of nitrogens with zero attached hydrogens (tertiary/aromatic N) is 1. The summed E-state index contributed by atoms with van der Waals surface area (Å²) >= 11 is 0. The van der Waals surface area contributed by atoms with Gasteiger partial charge in [-0.05, 0) is 56.8 Å². The average Bonchev–Trinajstić information content (AvgIpc) is 2.71. The highest BCUT2D eigenvalue weighted by molar-refractivity contribution is 5.53. The van der Waals surface area contributed by atoms with Crippen molar-refractivity contribution in [3.63, 3.8) is 0 Å². The Hall–Kier alpha value is -1.13. The zero-order chi connectivity index (χ0) is 15.0. The first-order valence-corrected chi connectivity index (χ1v) is 8.09. The third-order valence-electron chi connectivity index (χ3n) is 4.97. The molecule has 2 fully saturated rings. The van der Waals surface area contributed by atoms with Gasteiger partial charge in [-0.15, -0.1) is 0 Å². The maximum absolute atomic E-state index is 14.6. The van der Waals surface area contributed by atoms with Crippen molar-refractivity contribution < 1.29 is 9.50 Å². The van der Waals surface area contributed by atoms with Crippen molar-refractivity contribution in [3.8, 4) is 0 Å². The highest BCUT2D eigenvalue weighted by Gasteiger charge is 2.41. The Bertz CT molecular complexity index is 494. The second-order valence-electron chi connectivity index (χ2n) is 6.41. The second kappa shape index (κ2) is 5.93. The van der Waals surface area contributed by atoms with E-state index in [9.17, 15) is 9.50 Å². The van der Waals surface area contributed by atoms with E-state index in [4.69, 9.17) is 0 Å². The quantitative estimate of drug-likeness (QED) is 0.895. The first-order valence-electron chi connectivity index (χ1n) is 8.09. The minimum absolute atomic E-state index is 0.134. The molecule has 3 unspecified atom stereocenters. The van der Waals surface area contributed by atoms with Gasteiger partial charge in [0.25, 0.3) is 0 Å². The Morgan fingerprint density at radius 3 is 2.57 bits per heavy atom. The highest BCUT2D eigenvalue weighted by Crippen LogP contribution is 2.40. The van der Waals surface area contributed by atoms with Crippen LogP contribution in [0.3, 0.4) is 0 Å². The van der Waals surface area contributed by atoms with Crippen LogP contribution in [0.1, 0.15) is 51.1 Å². The molecular weight excluding hydrogens is 267 g/mol. The van der Waals surface area contributed by atoms with Crippen LogP contribution in [0.2, 0.25) is 0 Å². The van der Waals surface area contributed by atoms with E-state index in [1.165, 1.54) is 0 Å². The number of anilines is 1. The van der Waals surface area contributed by atoms with Crippen molar-refractivity contribution >= 4 is 5.69 Å². The fourth-order valence-corrected chi connectivity index (χ4v) is 3.97. The molecule has 3 atom stereocenters. The number of benzene rings is 1. The Morgan fingerprint density at radius 2 is 2.00 bits per heavy atom. The van der Waals surface area contributed by atoms with Crippen molar-refractivity contribution in [3.05, 3.63) is 29.6 Å². The van der Waals surface area contributed by atoms with Gasteiger partial charge >= 0.3 is 0 Å². The topological polar surface area (TPSA) is 35.5 Å². The van der Waals surface area contributed by atoms with Crippen molar-refractivity contribution in [1.82, 2.24) is 5.32 Å². The average molecular weight is 292 g/mol. The molecule has 2 saturated heterocycles. The minimum atomic E-state index is -0.213. The van der Waals surface area contributed by atoms with E-state index in [2.05, 4.69) is 24.1 Å². The molecule has 21 heavy (non-hydrogen) atoms. The molecule has 0 aromatic heterocycles. The lowest BCUT2D eigenvalue weighted by molar-refractivity contribution is 0.126. The number of rotatable bonds is 4. The molecule has 2 aliphatic heterocycles. The van der Waals surface area contributed by atoms with E-state index in [1.807, 2.05) is 12.1 Å². The van der Waals surface area contributed by atoms with Crippen molar-refractivity contribution in [2.45, 2.75) is 63.8 Å². The standard InChI is InChI=1S/C17H25FN2O/c1-3-19-11(2)12-4-7-17(16(18)8-12)20-13-5-6-14(20)10-15(21)9-13/h4,7-8,11,13-15,19,21H,3,5-6,9-10H2,1-2H3. The third kappa shape index (κ3) is 2.79. The first-order chi connectivity index (χ1) is 10.1. The number of hydrogen-bond acceptors (Lipinski definition) is 3. The van der Waals surface area contributed by atoms with E-state index in [0.29, 0.717) is 17.8 Å². The van der Waals surface area contributed by atoms with Crippen LogP contribution < -0.4 is 10.2 Å². The van der Waals surface area contributed by atoms with Gasteiger partial charge in [-0.25, -0.2) is 4.39 Å². The molecule has 1 aromatic rings. The van der Waals surface area contributed by atoms with Crippen molar-refractivity contribution in [2.75, 3.05) is 11.4 Å². The summed E-state index contributed by atoms with van der Waals surface area (Å²) < 4.78 is 14.6. The molecule has 0 aliphatic carbocycles. The summed E-state index contributed by atoms with van der Waals surface area (Å²) in [6.07, 6.45) is 3.46. The van der Waals surface area contributed by atoms with Gasteiger partial charge in [0.2, 0.25) is 0 Å². The van der Waals surface area contributed by atoms with Crippen LogP contribution in [0.4, 0.5) is 10.1 Å². The molecule has 0 radical (unpaired) electrons. The van der Waals surface area contributed by atoms with Gasteiger partial charge in [0, 0.05) is 18.1 Å². The normalized spacial score (nSPS) is 29.7. The van der Waals surface area contributed by atoms with Gasteiger partial charge in [-0.1, -0.05) is 13.0 Å². The number of aliphatic hydroxyl groups is 1. The van der Waals surface area contributed by atoms with Gasteiger partial charge in [0.15, 0.2) is 0 Å². The minimum Gasteiger partial charge on any atom is -0.393 e. The fraction of sp³-hybridized carbons (Fsp3) is 0.647. The van der Waals surface area contributed by atoms with Crippen LogP contribution in [-0.4, -0.2) is 29.8 Å². The van der Waals surface area contributed by atoms with E-state index >= 15 is 0 Å². The zero-order valence-electron chi connectivity index (χ0n) is 12.8. The molecule has 3 nitrogen and oxygen atoms in total. The van der Waals surface area contributed by atoms with Gasteiger partial charge in [0.1, 0.15) is 5.82 Å². The van der Waals surface area contributed by atoms with Gasteiger partial charge in [-0.3, -0.25) is 0 Å². The van der Waals surface area contributed by atoms with E-state index in [1.54, 1.807) is 6.07 Å². The lowest BCUT2D eigenvalue weighted by Gasteiger charge is -2.39. The molecule has 2 heterocycles. The Morgan fingerprint density at radius 1 is 1.33 bits per heavy atom. The molecule has 0 spiro atoms. The van der Waals surface area contributed by atoms with Crippen LogP contribution in [0.25, 0.3) is 0 Å². The summed E-state index contributed by atoms with van der Waals surface area (Å²) in [6, 6.07) is 6.36. The van der Waals surface area contributed by atoms with E-state index < -0.39 is 0 Å². The summed E-state index contributed by atoms with van der Waals surface area (Å²) in [5, 5.41) is 13.2. The highest BCUT2D eigenvalue weighted by atomic mass is 19.1. The molecule has 1 aromatic carbocycles. The lowest BCUT2D eigenvalue weighted by Crippen LogP contribution is -2.45. The van der Waals surface area contributed by atoms with Gasteiger partial charge in [0.05, 0.1) is 11.8 Å². The van der Waals surface area contributed by atoms with Crippen LogP contribution >= 0.6 is 0 Å². The number of nitrogens with one attached hydrogen (secondary N) is 1. The molecule has 0 amide bonds. The Balaban J connectivity index is 1.83. The monoisotopic (exact) mass is 292 g/mol. The molecule has 4 heteroatoms. The summed E-state index contributed by atoms with van der Waals surface area (Å²) in [7, 11) is 0. The lowest BCUT2D eigenvalue weighted by atomic mass is 9.98. The smallest absolute Gasteiger partial charge is 0.146 e. The SMILES string of the molecule is CCNC(C)c1ccc(N2C3CCC2CC(O)C3)c(F)c1. The maximum Gasteiger partial charge on any atom is 0.146 e. The number of halogens is 1. The second-order valence-corrected chi connectivity index (χ2v) is 6.41. The molecule has 3 rings (SSSR count). The molecule has 2 bridgehead atoms. The fourth-order valence-electron chi connectivity index (χ4n) is 3.97. The largest absolute Gasteiger partial charge is 0.393 e. The van der Waals surface area contributed by atoms with Gasteiger partial charge in [-0.2, -0.15) is 0 Å². The summed E-state index contributed by atoms with van der Waals surface area (Å²) in [5.74, 6) is -0.134. The van der Waals surface area contributed by atoms with Crippen molar-refractivity contribution in [1.29, 1.82) is 0 Å². The van der Waals surface area contributed by atoms with Crippen LogP contribution in [0, 0.1) is 5.82 Å². The summed E-state index contributed by atoms with van der Waals surface area (Å²) in [6.45, 7) is 4.98. The third-order valence-corrected chi connectivity index (χ3v) is 4.97. The first kappa shape index (κ1) is 14.8. The molecule has 2 aliphatic rings. The molecule has 0 saturated carbocycles. The Kier molecular flexibility index (Phi) is 4.18. The maximum atomic E-state index is 14.6. The predicted octanol–water partition coefficient (Wildman–Crippen LogP) is 2.99. The van der Waals surface area contributed by atoms with Crippen LogP contribution in [0.5, 0.6) is 0 Å². The molecule has 2 N–H and O–H groups in total. The molecular formula is C17H25FN2O. The number of aliphatic hydroxyl groups excluding tert-OH is 1. The zero-order valence-corrected chi connectivity index (χ0v) is 12.8. The number of hydrogen-bond donors (Lipinski definition) is 2. The van der Waals surface area contributed by atoms with E-state index in [-0.39, 0.29) is 18.0 Å². The predicted molar refractivity (Wildman–Crippen MR) is 83.0 cm³/mol. The van der Waals surface area contributed by atoms with E-state index in [0.717, 1.165) is 37.8 Å². The number of piperidine rings is 1. The van der Waals surface area contributed by atoms with Crippen molar-refractivity contribution in [2.24, 2.45) is 0 Å². The Labute approximate surface area is 126 Å². The summed E-state index contributed by atoms with van der Waals surface area (Å²) in [4.78, 5) is 2.21. The van der Waals surface area contributed by atoms with Crippen LogP contribution in [-0.2, 0) is 0 Å².